The van der Waals surface area contributed by atoms with Crippen LogP contribution in [0.5, 0.6) is 0 Å². The Labute approximate surface area is 183 Å². The van der Waals surface area contributed by atoms with Crippen LogP contribution in [0.15, 0.2) is 54.9 Å². The summed E-state index contributed by atoms with van der Waals surface area (Å²) in [5.74, 6) is -3.84. The standard InChI is InChI=1S/C19H15F5N3O5P/c20-15-6-3-7-16(21)17(15)18(28)27(11-32-33(29,30)31)13-8-25-26(10-13)9-12-4-1-2-5-14(12)19(22,23)24/h1-8,10H,9,11H2,(H2,29,30,31). The van der Waals surface area contributed by atoms with Gasteiger partial charge in [0, 0.05) is 6.20 Å². The normalized spacial score (nSPS) is 12.1. The second-order valence-corrected chi connectivity index (χ2v) is 7.87. The van der Waals surface area contributed by atoms with Crippen molar-refractivity contribution in [3.63, 3.8) is 0 Å². The van der Waals surface area contributed by atoms with Crippen LogP contribution in [0.2, 0.25) is 0 Å². The van der Waals surface area contributed by atoms with Gasteiger partial charge in [0.2, 0.25) is 0 Å². The molecule has 176 valence electrons. The van der Waals surface area contributed by atoms with Gasteiger partial charge >= 0.3 is 14.0 Å². The number of carbonyl (C=O) groups is 1. The Hall–Kier alpha value is -3.12. The summed E-state index contributed by atoms with van der Waals surface area (Å²) in [5, 5.41) is 3.84. The largest absolute Gasteiger partial charge is 0.471 e. The predicted octanol–water partition coefficient (Wildman–Crippen LogP) is 3.94. The summed E-state index contributed by atoms with van der Waals surface area (Å²) >= 11 is 0. The van der Waals surface area contributed by atoms with Gasteiger partial charge in [-0.3, -0.25) is 18.9 Å². The lowest BCUT2D eigenvalue weighted by molar-refractivity contribution is -0.138. The van der Waals surface area contributed by atoms with E-state index in [9.17, 15) is 31.3 Å². The zero-order valence-corrected chi connectivity index (χ0v) is 17.3. The first-order chi connectivity index (χ1) is 15.4. The van der Waals surface area contributed by atoms with Gasteiger partial charge in [0.15, 0.2) is 0 Å². The van der Waals surface area contributed by atoms with Gasteiger partial charge in [0.25, 0.3) is 5.91 Å². The predicted molar refractivity (Wildman–Crippen MR) is 104 cm³/mol. The Morgan fingerprint density at radius 3 is 2.33 bits per heavy atom. The van der Waals surface area contributed by atoms with Gasteiger partial charge in [-0.05, 0) is 23.8 Å². The van der Waals surface area contributed by atoms with Crippen molar-refractivity contribution in [3.05, 3.63) is 83.2 Å². The lowest BCUT2D eigenvalue weighted by Crippen LogP contribution is -2.34. The molecule has 1 amide bonds. The maximum Gasteiger partial charge on any atom is 0.471 e. The summed E-state index contributed by atoms with van der Waals surface area (Å²) < 4.78 is 84.3. The van der Waals surface area contributed by atoms with Crippen LogP contribution in [0.4, 0.5) is 27.6 Å². The number of anilines is 1. The summed E-state index contributed by atoms with van der Waals surface area (Å²) in [5.41, 5.74) is -2.32. The van der Waals surface area contributed by atoms with Gasteiger partial charge in [-0.25, -0.2) is 13.3 Å². The molecule has 0 saturated carbocycles. The molecule has 2 aromatic carbocycles. The molecule has 0 unspecified atom stereocenters. The number of halogens is 5. The molecule has 8 nitrogen and oxygen atoms in total. The van der Waals surface area contributed by atoms with Crippen molar-refractivity contribution in [1.29, 1.82) is 0 Å². The molecular formula is C19H15F5N3O5P. The van der Waals surface area contributed by atoms with E-state index >= 15 is 0 Å². The fraction of sp³-hybridized carbons (Fsp3) is 0.158. The number of amides is 1. The molecule has 3 rings (SSSR count). The average Bonchev–Trinajstić information content (AvgIpc) is 3.15. The molecule has 0 radical (unpaired) electrons. The number of benzene rings is 2. The van der Waals surface area contributed by atoms with Crippen molar-refractivity contribution >= 4 is 19.4 Å². The number of carbonyl (C=O) groups excluding carboxylic acids is 1. The molecule has 0 atom stereocenters. The summed E-state index contributed by atoms with van der Waals surface area (Å²) in [7, 11) is -5.10. The van der Waals surface area contributed by atoms with Crippen LogP contribution >= 0.6 is 7.82 Å². The third kappa shape index (κ3) is 6.02. The van der Waals surface area contributed by atoms with Crippen molar-refractivity contribution in [1.82, 2.24) is 9.78 Å². The maximum atomic E-state index is 14.1. The minimum absolute atomic E-state index is 0.149. The molecule has 0 aliphatic heterocycles. The second-order valence-electron chi connectivity index (χ2n) is 6.63. The molecule has 14 heteroatoms. The Bertz CT molecular complexity index is 1190. The van der Waals surface area contributed by atoms with E-state index in [0.717, 1.165) is 41.3 Å². The summed E-state index contributed by atoms with van der Waals surface area (Å²) in [6.45, 7) is -1.51. The second kappa shape index (κ2) is 9.40. The minimum atomic E-state index is -5.10. The van der Waals surface area contributed by atoms with Crippen molar-refractivity contribution in [2.45, 2.75) is 12.7 Å². The van der Waals surface area contributed by atoms with E-state index in [0.29, 0.717) is 4.90 Å². The number of phosphoric ester groups is 1. The molecule has 0 spiro atoms. The number of alkyl halides is 3. The topological polar surface area (TPSA) is 105 Å². The van der Waals surface area contributed by atoms with E-state index < -0.39 is 49.4 Å². The van der Waals surface area contributed by atoms with Gasteiger partial charge in [-0.2, -0.15) is 18.3 Å². The Balaban J connectivity index is 1.95. The Kier molecular flexibility index (Phi) is 6.98. The molecule has 3 aromatic rings. The Morgan fingerprint density at radius 1 is 1.09 bits per heavy atom. The third-order valence-corrected chi connectivity index (χ3v) is 4.82. The zero-order chi connectivity index (χ0) is 24.4. The van der Waals surface area contributed by atoms with Crippen LogP contribution < -0.4 is 4.90 Å². The van der Waals surface area contributed by atoms with Crippen molar-refractivity contribution < 1.29 is 45.6 Å². The van der Waals surface area contributed by atoms with Gasteiger partial charge < -0.3 is 9.79 Å². The number of nitrogens with zero attached hydrogens (tertiary/aromatic N) is 3. The SMILES string of the molecule is O=C(c1c(F)cccc1F)N(COP(=O)(O)O)c1cnn(Cc2ccccc2C(F)(F)F)c1. The molecule has 0 aliphatic carbocycles. The van der Waals surface area contributed by atoms with Crippen molar-refractivity contribution in [2.75, 3.05) is 11.6 Å². The van der Waals surface area contributed by atoms with Crippen LogP contribution in [-0.4, -0.2) is 32.2 Å². The molecule has 1 heterocycles. The van der Waals surface area contributed by atoms with Crippen LogP contribution in [0.1, 0.15) is 21.5 Å². The molecule has 33 heavy (non-hydrogen) atoms. The van der Waals surface area contributed by atoms with Crippen LogP contribution in [0.25, 0.3) is 0 Å². The summed E-state index contributed by atoms with van der Waals surface area (Å²) in [6, 6.07) is 7.31. The highest BCUT2D eigenvalue weighted by Crippen LogP contribution is 2.37. The van der Waals surface area contributed by atoms with Crippen LogP contribution in [-0.2, 0) is 21.8 Å². The average molecular weight is 491 g/mol. The first kappa shape index (κ1) is 24.5. The number of hydrogen-bond donors (Lipinski definition) is 2. The van der Waals surface area contributed by atoms with Gasteiger partial charge in [-0.1, -0.05) is 24.3 Å². The highest BCUT2D eigenvalue weighted by Gasteiger charge is 2.33. The van der Waals surface area contributed by atoms with E-state index in [1.54, 1.807) is 0 Å². The molecule has 0 fully saturated rings. The van der Waals surface area contributed by atoms with E-state index in [-0.39, 0.29) is 17.8 Å². The minimum Gasteiger partial charge on any atom is -0.303 e. The first-order valence-electron chi connectivity index (χ1n) is 9.00. The zero-order valence-electron chi connectivity index (χ0n) is 16.4. The molecule has 1 aromatic heterocycles. The summed E-state index contributed by atoms with van der Waals surface area (Å²) in [4.78, 5) is 31.2. The van der Waals surface area contributed by atoms with Crippen LogP contribution in [0, 0.1) is 11.6 Å². The van der Waals surface area contributed by atoms with E-state index in [1.165, 1.54) is 18.2 Å². The third-order valence-electron chi connectivity index (χ3n) is 4.36. The Morgan fingerprint density at radius 2 is 1.73 bits per heavy atom. The molecule has 0 aliphatic rings. The first-order valence-corrected chi connectivity index (χ1v) is 10.5. The highest BCUT2D eigenvalue weighted by atomic mass is 31.2. The van der Waals surface area contributed by atoms with E-state index in [1.807, 2.05) is 0 Å². The maximum absolute atomic E-state index is 14.1. The summed E-state index contributed by atoms with van der Waals surface area (Å²) in [6.07, 6.45) is -2.60. The van der Waals surface area contributed by atoms with Gasteiger partial charge in [0.1, 0.15) is 23.9 Å². The number of aromatic nitrogens is 2. The van der Waals surface area contributed by atoms with E-state index in [2.05, 4.69) is 9.62 Å². The molecule has 0 bridgehead atoms. The van der Waals surface area contributed by atoms with Gasteiger partial charge in [-0.15, -0.1) is 0 Å². The smallest absolute Gasteiger partial charge is 0.303 e. The fourth-order valence-corrected chi connectivity index (χ4v) is 3.17. The number of phosphoric acid groups is 1. The molecule has 0 saturated heterocycles. The molecule has 2 N–H and O–H groups in total. The monoisotopic (exact) mass is 491 g/mol. The lowest BCUT2D eigenvalue weighted by atomic mass is 10.1. The molecular weight excluding hydrogens is 476 g/mol. The van der Waals surface area contributed by atoms with Gasteiger partial charge in [0.05, 0.1) is 24.0 Å². The lowest BCUT2D eigenvalue weighted by Gasteiger charge is -2.21. The highest BCUT2D eigenvalue weighted by molar-refractivity contribution is 7.46. The van der Waals surface area contributed by atoms with E-state index in [4.69, 9.17) is 9.79 Å². The van der Waals surface area contributed by atoms with Crippen LogP contribution in [0.3, 0.4) is 0 Å². The van der Waals surface area contributed by atoms with Crippen molar-refractivity contribution in [3.8, 4) is 0 Å². The number of hydrogen-bond acceptors (Lipinski definition) is 4. The number of rotatable bonds is 7. The fourth-order valence-electron chi connectivity index (χ4n) is 2.91. The quantitative estimate of drug-likeness (QED) is 0.295. The van der Waals surface area contributed by atoms with Crippen molar-refractivity contribution in [2.24, 2.45) is 0 Å².